The first-order valence-electron chi connectivity index (χ1n) is 8.20. The lowest BCUT2D eigenvalue weighted by molar-refractivity contribution is -0.139. The highest BCUT2D eigenvalue weighted by Crippen LogP contribution is 2.14. The molecule has 0 aliphatic carbocycles. The summed E-state index contributed by atoms with van der Waals surface area (Å²) in [4.78, 5) is 37.9. The molecule has 1 heterocycles. The van der Waals surface area contributed by atoms with Crippen LogP contribution in [0.15, 0.2) is 24.3 Å². The first-order chi connectivity index (χ1) is 11.5. The van der Waals surface area contributed by atoms with Gasteiger partial charge in [0, 0.05) is 39.5 Å². The largest absolute Gasteiger partial charge is 0.484 e. The van der Waals surface area contributed by atoms with E-state index in [1.807, 2.05) is 24.3 Å². The Labute approximate surface area is 142 Å². The zero-order chi connectivity index (χ0) is 17.5. The molecule has 6 nitrogen and oxygen atoms in total. The molecule has 6 heteroatoms. The third kappa shape index (κ3) is 5.37. The Morgan fingerprint density at radius 1 is 0.958 bits per heavy atom. The lowest BCUT2D eigenvalue weighted by Gasteiger charge is -2.34. The summed E-state index contributed by atoms with van der Waals surface area (Å²) in [5.74, 6) is 0.783. The summed E-state index contributed by atoms with van der Waals surface area (Å²) in [7, 11) is 0. The minimum atomic E-state index is -0.0705. The SMILES string of the molecule is CC(=O)CCc1ccc(OCC(=O)N2CCN(C(C)=O)CC2)cc1. The van der Waals surface area contributed by atoms with Crippen LogP contribution in [-0.2, 0) is 20.8 Å². The highest BCUT2D eigenvalue weighted by molar-refractivity contribution is 5.78. The molecular weight excluding hydrogens is 308 g/mol. The first kappa shape index (κ1) is 18.0. The number of rotatable bonds is 6. The molecule has 1 fully saturated rings. The fraction of sp³-hybridized carbons (Fsp3) is 0.500. The van der Waals surface area contributed by atoms with Gasteiger partial charge in [0.2, 0.25) is 5.91 Å². The van der Waals surface area contributed by atoms with Crippen molar-refractivity contribution in [3.8, 4) is 5.75 Å². The highest BCUT2D eigenvalue weighted by atomic mass is 16.5. The van der Waals surface area contributed by atoms with Crippen LogP contribution in [0.5, 0.6) is 5.75 Å². The maximum Gasteiger partial charge on any atom is 0.260 e. The number of ketones is 1. The molecular formula is C18H24N2O4. The smallest absolute Gasteiger partial charge is 0.260 e. The number of hydrogen-bond acceptors (Lipinski definition) is 4. The summed E-state index contributed by atoms with van der Waals surface area (Å²) >= 11 is 0. The summed E-state index contributed by atoms with van der Waals surface area (Å²) in [5.41, 5.74) is 1.07. The van der Waals surface area contributed by atoms with Gasteiger partial charge in [-0.15, -0.1) is 0 Å². The second kappa shape index (κ2) is 8.47. The first-order valence-corrected chi connectivity index (χ1v) is 8.20. The molecule has 2 amide bonds. The zero-order valence-corrected chi connectivity index (χ0v) is 14.3. The Balaban J connectivity index is 1.75. The second-order valence-electron chi connectivity index (χ2n) is 6.02. The highest BCUT2D eigenvalue weighted by Gasteiger charge is 2.22. The number of hydrogen-bond donors (Lipinski definition) is 0. The molecule has 1 saturated heterocycles. The van der Waals surface area contributed by atoms with Gasteiger partial charge in [0.05, 0.1) is 0 Å². The number of carbonyl (C=O) groups is 3. The van der Waals surface area contributed by atoms with Crippen molar-refractivity contribution in [3.63, 3.8) is 0 Å². The summed E-state index contributed by atoms with van der Waals surface area (Å²) < 4.78 is 5.54. The van der Waals surface area contributed by atoms with Crippen molar-refractivity contribution in [2.75, 3.05) is 32.8 Å². The van der Waals surface area contributed by atoms with Crippen LogP contribution in [-0.4, -0.2) is 60.2 Å². The fourth-order valence-electron chi connectivity index (χ4n) is 2.58. The average molecular weight is 332 g/mol. The summed E-state index contributed by atoms with van der Waals surface area (Å²) in [6, 6.07) is 7.45. The molecule has 0 N–H and O–H groups in total. The number of nitrogens with zero attached hydrogens (tertiary/aromatic N) is 2. The number of ether oxygens (including phenoxy) is 1. The van der Waals surface area contributed by atoms with E-state index in [9.17, 15) is 14.4 Å². The van der Waals surface area contributed by atoms with Crippen molar-refractivity contribution < 1.29 is 19.1 Å². The summed E-state index contributed by atoms with van der Waals surface area (Å²) in [5, 5.41) is 0. The van der Waals surface area contributed by atoms with Crippen molar-refractivity contribution in [2.24, 2.45) is 0 Å². The molecule has 1 aromatic carbocycles. The maximum absolute atomic E-state index is 12.2. The molecule has 0 unspecified atom stereocenters. The summed E-state index contributed by atoms with van der Waals surface area (Å²) in [6.07, 6.45) is 1.25. The Bertz CT molecular complexity index is 590. The molecule has 1 aliphatic rings. The number of benzene rings is 1. The molecule has 0 saturated carbocycles. The normalized spacial score (nSPS) is 14.4. The van der Waals surface area contributed by atoms with Gasteiger partial charge in [0.15, 0.2) is 6.61 Å². The Kier molecular flexibility index (Phi) is 6.35. The van der Waals surface area contributed by atoms with E-state index in [-0.39, 0.29) is 24.2 Å². The van der Waals surface area contributed by atoms with Gasteiger partial charge in [-0.3, -0.25) is 9.59 Å². The second-order valence-corrected chi connectivity index (χ2v) is 6.02. The molecule has 2 rings (SSSR count). The van der Waals surface area contributed by atoms with Gasteiger partial charge in [0.1, 0.15) is 11.5 Å². The van der Waals surface area contributed by atoms with Gasteiger partial charge in [0.25, 0.3) is 5.91 Å². The van der Waals surface area contributed by atoms with Crippen LogP contribution in [0.1, 0.15) is 25.8 Å². The van der Waals surface area contributed by atoms with Crippen LogP contribution in [0.25, 0.3) is 0 Å². The predicted molar refractivity (Wildman–Crippen MR) is 89.8 cm³/mol. The third-order valence-electron chi connectivity index (χ3n) is 4.13. The van der Waals surface area contributed by atoms with E-state index < -0.39 is 0 Å². The van der Waals surface area contributed by atoms with Gasteiger partial charge >= 0.3 is 0 Å². The maximum atomic E-state index is 12.2. The minimum Gasteiger partial charge on any atom is -0.484 e. The van der Waals surface area contributed by atoms with Gasteiger partial charge in [-0.25, -0.2) is 0 Å². The van der Waals surface area contributed by atoms with Crippen molar-refractivity contribution in [1.82, 2.24) is 9.80 Å². The van der Waals surface area contributed by atoms with Crippen LogP contribution >= 0.6 is 0 Å². The standard InChI is InChI=1S/C18H24N2O4/c1-14(21)3-4-16-5-7-17(8-6-16)24-13-18(23)20-11-9-19(10-12-20)15(2)22/h5-8H,3-4,9-13H2,1-2H3. The minimum absolute atomic E-state index is 0.00708. The number of aryl methyl sites for hydroxylation is 1. The van der Waals surface area contributed by atoms with Crippen LogP contribution in [0.4, 0.5) is 0 Å². The third-order valence-corrected chi connectivity index (χ3v) is 4.13. The predicted octanol–water partition coefficient (Wildman–Crippen LogP) is 1.28. The average Bonchev–Trinajstić information content (AvgIpc) is 2.58. The molecule has 0 bridgehead atoms. The Hall–Kier alpha value is -2.37. The summed E-state index contributed by atoms with van der Waals surface area (Å²) in [6.45, 7) is 5.36. The van der Waals surface area contributed by atoms with Crippen molar-refractivity contribution in [3.05, 3.63) is 29.8 Å². The van der Waals surface area contributed by atoms with Gasteiger partial charge in [-0.05, 0) is 31.0 Å². The monoisotopic (exact) mass is 332 g/mol. The van der Waals surface area contributed by atoms with E-state index in [0.29, 0.717) is 38.3 Å². The van der Waals surface area contributed by atoms with Crippen LogP contribution < -0.4 is 4.74 Å². The molecule has 0 spiro atoms. The molecule has 24 heavy (non-hydrogen) atoms. The van der Waals surface area contributed by atoms with Crippen LogP contribution in [0, 0.1) is 0 Å². The van der Waals surface area contributed by atoms with Crippen LogP contribution in [0.2, 0.25) is 0 Å². The molecule has 0 atom stereocenters. The van der Waals surface area contributed by atoms with E-state index in [0.717, 1.165) is 12.0 Å². The molecule has 130 valence electrons. The quantitative estimate of drug-likeness (QED) is 0.787. The van der Waals surface area contributed by atoms with Gasteiger partial charge < -0.3 is 19.3 Å². The van der Waals surface area contributed by atoms with Gasteiger partial charge in [-0.2, -0.15) is 0 Å². The number of amides is 2. The van der Waals surface area contributed by atoms with E-state index in [1.165, 1.54) is 0 Å². The van der Waals surface area contributed by atoms with Gasteiger partial charge in [-0.1, -0.05) is 12.1 Å². The zero-order valence-electron chi connectivity index (χ0n) is 14.3. The molecule has 1 aliphatic heterocycles. The van der Waals surface area contributed by atoms with E-state index >= 15 is 0 Å². The Morgan fingerprint density at radius 2 is 1.54 bits per heavy atom. The molecule has 1 aromatic rings. The molecule has 0 aromatic heterocycles. The lowest BCUT2D eigenvalue weighted by atomic mass is 10.1. The van der Waals surface area contributed by atoms with Crippen LogP contribution in [0.3, 0.4) is 0 Å². The lowest BCUT2D eigenvalue weighted by Crippen LogP contribution is -2.51. The van der Waals surface area contributed by atoms with E-state index in [4.69, 9.17) is 4.74 Å². The number of piperazine rings is 1. The number of carbonyl (C=O) groups excluding carboxylic acids is 3. The van der Waals surface area contributed by atoms with E-state index in [1.54, 1.807) is 23.6 Å². The van der Waals surface area contributed by atoms with Crippen molar-refractivity contribution in [2.45, 2.75) is 26.7 Å². The molecule has 0 radical (unpaired) electrons. The van der Waals surface area contributed by atoms with E-state index in [2.05, 4.69) is 0 Å². The topological polar surface area (TPSA) is 66.9 Å². The fourth-order valence-corrected chi connectivity index (χ4v) is 2.58. The van der Waals surface area contributed by atoms with Crippen molar-refractivity contribution >= 4 is 17.6 Å². The Morgan fingerprint density at radius 3 is 2.08 bits per heavy atom. The number of Topliss-reactive ketones (excluding diaryl/α,β-unsaturated/α-hetero) is 1. The van der Waals surface area contributed by atoms with Crippen molar-refractivity contribution in [1.29, 1.82) is 0 Å².